The molecule has 2 aromatic carbocycles. The Labute approximate surface area is 163 Å². The van der Waals surface area contributed by atoms with Crippen molar-refractivity contribution in [3.63, 3.8) is 0 Å². The Balaban J connectivity index is 1.82. The second-order valence-corrected chi connectivity index (χ2v) is 8.22. The average molecular weight is 390 g/mol. The third-order valence-corrected chi connectivity index (χ3v) is 5.95. The van der Waals surface area contributed by atoms with Crippen LogP contribution in [-0.2, 0) is 15.1 Å². The number of ether oxygens (including phenoxy) is 1. The Bertz CT molecular complexity index is 819. The summed E-state index contributed by atoms with van der Waals surface area (Å²) >= 11 is 12.3. The van der Waals surface area contributed by atoms with Gasteiger partial charge >= 0.3 is 0 Å². The number of morpholine rings is 1. The van der Waals surface area contributed by atoms with Gasteiger partial charge in [-0.2, -0.15) is 0 Å². The predicted molar refractivity (Wildman–Crippen MR) is 103 cm³/mol. The zero-order chi connectivity index (χ0) is 18.3. The first-order valence-electron chi connectivity index (χ1n) is 8.92. The molecule has 0 N–H and O–H groups in total. The molecule has 0 radical (unpaired) electrons. The van der Waals surface area contributed by atoms with Crippen LogP contribution in [0.3, 0.4) is 0 Å². The van der Waals surface area contributed by atoms with Crippen LogP contribution in [0.25, 0.3) is 0 Å². The molecule has 1 aliphatic heterocycles. The van der Waals surface area contributed by atoms with Gasteiger partial charge in [-0.25, -0.2) is 0 Å². The van der Waals surface area contributed by atoms with E-state index in [-0.39, 0.29) is 18.6 Å². The summed E-state index contributed by atoms with van der Waals surface area (Å²) < 4.78 is 6.08. The summed E-state index contributed by atoms with van der Waals surface area (Å²) in [6, 6.07) is 15.4. The Morgan fingerprint density at radius 3 is 2.50 bits per heavy atom. The lowest BCUT2D eigenvalue weighted by atomic mass is 9.79. The van der Waals surface area contributed by atoms with Gasteiger partial charge in [0.15, 0.2) is 0 Å². The molecule has 2 atom stereocenters. The van der Waals surface area contributed by atoms with Crippen LogP contribution < -0.4 is 0 Å². The molecular weight excluding hydrogens is 369 g/mol. The molecule has 2 fully saturated rings. The van der Waals surface area contributed by atoms with Crippen molar-refractivity contribution in [1.82, 2.24) is 4.90 Å². The van der Waals surface area contributed by atoms with E-state index in [4.69, 9.17) is 27.9 Å². The third kappa shape index (κ3) is 3.24. The van der Waals surface area contributed by atoms with Gasteiger partial charge in [0.2, 0.25) is 5.91 Å². The van der Waals surface area contributed by atoms with E-state index in [9.17, 15) is 4.79 Å². The van der Waals surface area contributed by atoms with Gasteiger partial charge in [0, 0.05) is 16.6 Å². The Hall–Kier alpha value is -1.55. The summed E-state index contributed by atoms with van der Waals surface area (Å²) in [7, 11) is 0. The van der Waals surface area contributed by atoms with Crippen LogP contribution >= 0.6 is 23.2 Å². The molecule has 26 heavy (non-hydrogen) atoms. The van der Waals surface area contributed by atoms with Gasteiger partial charge < -0.3 is 9.64 Å². The van der Waals surface area contributed by atoms with Crippen molar-refractivity contribution in [1.29, 1.82) is 0 Å². The molecule has 136 valence electrons. The molecule has 1 saturated heterocycles. The molecule has 2 aliphatic rings. The van der Waals surface area contributed by atoms with E-state index in [1.807, 2.05) is 53.4 Å². The summed E-state index contributed by atoms with van der Waals surface area (Å²) in [6.45, 7) is 2.94. The summed E-state index contributed by atoms with van der Waals surface area (Å²) in [5.41, 5.74) is 1.37. The number of benzene rings is 2. The average Bonchev–Trinajstić information content (AvgIpc) is 3.43. The lowest BCUT2D eigenvalue weighted by Crippen LogP contribution is -2.57. The minimum Gasteiger partial charge on any atom is -0.361 e. The van der Waals surface area contributed by atoms with E-state index in [1.54, 1.807) is 0 Å². The maximum absolute atomic E-state index is 12.8. The number of hydrogen-bond acceptors (Lipinski definition) is 2. The summed E-state index contributed by atoms with van der Waals surface area (Å²) in [4.78, 5) is 14.8. The first-order chi connectivity index (χ1) is 12.5. The van der Waals surface area contributed by atoms with Crippen molar-refractivity contribution in [2.75, 3.05) is 13.2 Å². The maximum Gasteiger partial charge on any atom is 0.249 e. The minimum absolute atomic E-state index is 0.0348. The molecule has 1 saturated carbocycles. The number of carbonyl (C=O) groups excluding carboxylic acids is 1. The van der Waals surface area contributed by atoms with Gasteiger partial charge in [-0.1, -0.05) is 47.5 Å². The van der Waals surface area contributed by atoms with E-state index in [1.165, 1.54) is 12.8 Å². The number of rotatable bonds is 4. The quantitative estimate of drug-likeness (QED) is 0.717. The van der Waals surface area contributed by atoms with Crippen LogP contribution in [0.1, 0.15) is 37.0 Å². The van der Waals surface area contributed by atoms with Gasteiger partial charge in [-0.05, 0) is 61.1 Å². The van der Waals surface area contributed by atoms with E-state index < -0.39 is 5.54 Å². The van der Waals surface area contributed by atoms with Crippen LogP contribution in [0.2, 0.25) is 10.0 Å². The standard InChI is InChI=1S/C21H21Cl2NO2/c1-21(16-7-9-17(22)10-8-16)20(15-3-2-4-18(23)11-15)26-13-19(25)24(21)12-14-5-6-14/h2-4,7-11,14,20H,5-6,12-13H2,1H3/t20-,21+/m0/s1. The van der Waals surface area contributed by atoms with Crippen molar-refractivity contribution in [3.8, 4) is 0 Å². The number of carbonyl (C=O) groups is 1. The fraction of sp³-hybridized carbons (Fsp3) is 0.381. The maximum atomic E-state index is 12.8. The molecule has 0 aromatic heterocycles. The van der Waals surface area contributed by atoms with Gasteiger partial charge in [0.05, 0.1) is 5.54 Å². The van der Waals surface area contributed by atoms with Crippen molar-refractivity contribution in [2.24, 2.45) is 5.92 Å². The van der Waals surface area contributed by atoms with Crippen LogP contribution in [0.15, 0.2) is 48.5 Å². The zero-order valence-electron chi connectivity index (χ0n) is 14.6. The summed E-state index contributed by atoms with van der Waals surface area (Å²) in [5.74, 6) is 0.622. The van der Waals surface area contributed by atoms with E-state index in [0.717, 1.165) is 17.7 Å². The number of amides is 1. The molecular formula is C21H21Cl2NO2. The smallest absolute Gasteiger partial charge is 0.249 e. The molecule has 2 aromatic rings. The first-order valence-corrected chi connectivity index (χ1v) is 9.67. The molecule has 5 heteroatoms. The normalized spacial score (nSPS) is 26.2. The first kappa shape index (κ1) is 17.8. The SMILES string of the molecule is C[C@@]1(c2ccc(Cl)cc2)[C@H](c2cccc(Cl)c2)OCC(=O)N1CC1CC1. The van der Waals surface area contributed by atoms with Gasteiger partial charge in [-0.15, -0.1) is 0 Å². The molecule has 1 heterocycles. The summed E-state index contributed by atoms with van der Waals surface area (Å²) in [6.07, 6.45) is 2.07. The van der Waals surface area contributed by atoms with Gasteiger partial charge in [0.25, 0.3) is 0 Å². The highest BCUT2D eigenvalue weighted by molar-refractivity contribution is 6.30. The highest BCUT2D eigenvalue weighted by Gasteiger charge is 2.50. The Morgan fingerprint density at radius 2 is 1.85 bits per heavy atom. The molecule has 0 unspecified atom stereocenters. The van der Waals surface area contributed by atoms with Crippen molar-refractivity contribution >= 4 is 29.1 Å². The number of halogens is 2. The van der Waals surface area contributed by atoms with Crippen LogP contribution in [-0.4, -0.2) is 24.0 Å². The number of nitrogens with zero attached hydrogens (tertiary/aromatic N) is 1. The minimum atomic E-state index is -0.618. The van der Waals surface area contributed by atoms with Crippen LogP contribution in [0.4, 0.5) is 0 Å². The fourth-order valence-corrected chi connectivity index (χ4v) is 4.16. The Morgan fingerprint density at radius 1 is 1.12 bits per heavy atom. The number of hydrogen-bond donors (Lipinski definition) is 0. The predicted octanol–water partition coefficient (Wildman–Crippen LogP) is 5.22. The highest BCUT2D eigenvalue weighted by Crippen LogP contribution is 2.47. The lowest BCUT2D eigenvalue weighted by Gasteiger charge is -2.50. The summed E-state index contributed by atoms with van der Waals surface area (Å²) in [5, 5.41) is 1.34. The second-order valence-electron chi connectivity index (χ2n) is 7.35. The fourth-order valence-electron chi connectivity index (χ4n) is 3.83. The Kier molecular flexibility index (Phi) is 4.72. The van der Waals surface area contributed by atoms with E-state index in [2.05, 4.69) is 6.92 Å². The van der Waals surface area contributed by atoms with Gasteiger partial charge in [-0.3, -0.25) is 4.79 Å². The molecule has 1 amide bonds. The topological polar surface area (TPSA) is 29.5 Å². The monoisotopic (exact) mass is 389 g/mol. The van der Waals surface area contributed by atoms with E-state index in [0.29, 0.717) is 16.0 Å². The van der Waals surface area contributed by atoms with Crippen LogP contribution in [0, 0.1) is 5.92 Å². The molecule has 0 spiro atoms. The molecule has 3 nitrogen and oxygen atoms in total. The molecule has 1 aliphatic carbocycles. The zero-order valence-corrected chi connectivity index (χ0v) is 16.1. The van der Waals surface area contributed by atoms with Gasteiger partial charge in [0.1, 0.15) is 12.7 Å². The van der Waals surface area contributed by atoms with E-state index >= 15 is 0 Å². The van der Waals surface area contributed by atoms with Crippen LogP contribution in [0.5, 0.6) is 0 Å². The highest BCUT2D eigenvalue weighted by atomic mass is 35.5. The molecule has 4 rings (SSSR count). The lowest BCUT2D eigenvalue weighted by molar-refractivity contribution is -0.174. The van der Waals surface area contributed by atoms with Crippen molar-refractivity contribution in [3.05, 3.63) is 69.7 Å². The largest absolute Gasteiger partial charge is 0.361 e. The molecule has 0 bridgehead atoms. The second kappa shape index (κ2) is 6.88. The van der Waals surface area contributed by atoms with Crippen molar-refractivity contribution in [2.45, 2.75) is 31.4 Å². The third-order valence-electron chi connectivity index (χ3n) is 5.46. The van der Waals surface area contributed by atoms with Crippen molar-refractivity contribution < 1.29 is 9.53 Å².